The minimum atomic E-state index is -0.729. The number of amides is 2. The number of hydrogen-bond acceptors (Lipinski definition) is 10. The summed E-state index contributed by atoms with van der Waals surface area (Å²) < 4.78 is 14.7. The van der Waals surface area contributed by atoms with Crippen LogP contribution in [0.25, 0.3) is 33.3 Å². The number of nitrogens with one attached hydrogen (secondary N) is 2. The minimum Gasteiger partial charge on any atom is -0.464 e. The molecule has 6 fully saturated rings. The highest BCUT2D eigenvalue weighted by molar-refractivity contribution is 7.10. The van der Waals surface area contributed by atoms with E-state index < -0.39 is 22.9 Å². The Labute approximate surface area is 363 Å². The number of nitrogens with zero attached hydrogens (tertiary/aromatic N) is 5. The molecule has 4 aliphatic heterocycles. The molecule has 0 radical (unpaired) electrons. The van der Waals surface area contributed by atoms with Gasteiger partial charge in [0.15, 0.2) is 0 Å². The lowest BCUT2D eigenvalue weighted by atomic mass is 9.72. The molecular weight excluding hydrogens is 787 g/mol. The van der Waals surface area contributed by atoms with Crippen molar-refractivity contribution in [1.29, 1.82) is 0 Å². The number of anilines is 1. The summed E-state index contributed by atoms with van der Waals surface area (Å²) in [5.41, 5.74) is 11.1. The van der Waals surface area contributed by atoms with Crippen LogP contribution in [0.4, 0.5) is 5.69 Å². The van der Waals surface area contributed by atoms with Crippen LogP contribution in [0, 0.1) is 23.2 Å². The number of hydrogen-bond donors (Lipinski definition) is 2. The molecule has 5 unspecified atom stereocenters. The molecule has 61 heavy (non-hydrogen) atoms. The molecule has 3 saturated heterocycles. The van der Waals surface area contributed by atoms with Gasteiger partial charge in [-0.05, 0) is 118 Å². The van der Waals surface area contributed by atoms with Crippen molar-refractivity contribution in [2.24, 2.45) is 23.2 Å². The summed E-state index contributed by atoms with van der Waals surface area (Å²) in [5, 5.41) is 8.36. The first-order chi connectivity index (χ1) is 29.3. The smallest absolute Gasteiger partial charge is 0.325 e. The zero-order valence-electron chi connectivity index (χ0n) is 36.8. The van der Waals surface area contributed by atoms with Gasteiger partial charge in [-0.25, -0.2) is 5.43 Å². The molecule has 1 spiro atoms. The van der Waals surface area contributed by atoms with Crippen molar-refractivity contribution in [3.63, 3.8) is 0 Å². The van der Waals surface area contributed by atoms with Gasteiger partial charge in [-0.3, -0.25) is 24.4 Å². The van der Waals surface area contributed by atoms with E-state index in [4.69, 9.17) is 14.5 Å². The third kappa shape index (κ3) is 7.07. The Kier molecular flexibility index (Phi) is 10.2. The van der Waals surface area contributed by atoms with Crippen LogP contribution in [0.3, 0.4) is 0 Å². The second-order valence-corrected chi connectivity index (χ2v) is 20.8. The maximum absolute atomic E-state index is 14.8. The van der Waals surface area contributed by atoms with Gasteiger partial charge in [0.25, 0.3) is 5.91 Å². The highest BCUT2D eigenvalue weighted by atomic mass is 32.1. The monoisotopic (exact) mass is 847 g/mol. The van der Waals surface area contributed by atoms with E-state index in [1.54, 1.807) is 23.5 Å². The topological polar surface area (TPSA) is 121 Å². The first-order valence-electron chi connectivity index (χ1n) is 22.6. The van der Waals surface area contributed by atoms with Crippen LogP contribution in [0.1, 0.15) is 89.0 Å². The predicted octanol–water partition coefficient (Wildman–Crippen LogP) is 6.70. The minimum absolute atomic E-state index is 0.0151. The van der Waals surface area contributed by atoms with Crippen molar-refractivity contribution in [2.45, 2.75) is 109 Å². The van der Waals surface area contributed by atoms with Gasteiger partial charge >= 0.3 is 5.97 Å². The number of aryl methyl sites for hydroxylation is 1. The second kappa shape index (κ2) is 15.2. The van der Waals surface area contributed by atoms with Gasteiger partial charge in [-0.2, -0.15) is 0 Å². The Bertz CT molecular complexity index is 2390. The molecule has 7 heterocycles. The lowest BCUT2D eigenvalue weighted by Crippen LogP contribution is -2.72. The number of cyclic esters (lactones) is 1. The molecule has 5 atom stereocenters. The number of aromatic nitrogens is 2. The van der Waals surface area contributed by atoms with Gasteiger partial charge < -0.3 is 29.2 Å². The van der Waals surface area contributed by atoms with E-state index in [0.29, 0.717) is 12.3 Å². The van der Waals surface area contributed by atoms with E-state index in [1.165, 1.54) is 5.56 Å². The van der Waals surface area contributed by atoms with Crippen LogP contribution < -0.4 is 15.6 Å². The van der Waals surface area contributed by atoms with Crippen LogP contribution in [0.15, 0.2) is 41.9 Å². The van der Waals surface area contributed by atoms with Gasteiger partial charge in [0.2, 0.25) is 5.91 Å². The molecule has 3 aliphatic carbocycles. The van der Waals surface area contributed by atoms with Crippen molar-refractivity contribution in [1.82, 2.24) is 30.2 Å². The fourth-order valence-corrected chi connectivity index (χ4v) is 11.9. The summed E-state index contributed by atoms with van der Waals surface area (Å²) in [6, 6.07) is 10.0. The van der Waals surface area contributed by atoms with Crippen molar-refractivity contribution < 1.29 is 23.9 Å². The number of fused-ring (bicyclic) bond motifs is 5. The largest absolute Gasteiger partial charge is 0.464 e. The SMILES string of the molecule is CCn1c(-c2cc(N3CCN(C)CC3)cnc2C(C)OC)c2c3cc(ccc31)-c1csc(c1)C1(CC1)C(NC(=O)C1CC1C)C(=O)N1NC(C(=O)OCC(C)(C)C2)C2CC1C2. The second-order valence-electron chi connectivity index (χ2n) is 19.9. The summed E-state index contributed by atoms with van der Waals surface area (Å²) >= 11 is 1.68. The third-order valence-corrected chi connectivity index (χ3v) is 16.2. The maximum Gasteiger partial charge on any atom is 0.325 e. The van der Waals surface area contributed by atoms with Crippen LogP contribution in [0.5, 0.6) is 0 Å². The number of rotatable bonds is 7. The van der Waals surface area contributed by atoms with E-state index in [1.807, 2.05) is 6.20 Å². The standard InChI is InChI=1S/C48H61N7O5S/c1-8-54-38-10-9-29-20-35(38)37(42(54)36-22-33(24-49-40(36)28(3)59-7)53-15-13-52(6)14-16-53)23-47(4,5)26-60-46(58)41-30-18-32(19-30)55(51-41)45(57)43(50-44(56)34-17-27(34)2)48(11-12-48)39-21-31(29)25-61-39/h9-10,20-22,24-25,27-28,30,32,34,41,43,51H,8,11-19,23,26H2,1-7H3,(H,50,56). The van der Waals surface area contributed by atoms with Gasteiger partial charge in [0.1, 0.15) is 12.1 Å². The first kappa shape index (κ1) is 40.8. The lowest BCUT2D eigenvalue weighted by molar-refractivity contribution is -0.171. The predicted molar refractivity (Wildman–Crippen MR) is 238 cm³/mol. The molecule has 1 aromatic carbocycles. The van der Waals surface area contributed by atoms with E-state index in [2.05, 4.69) is 102 Å². The molecular formula is C48H61N7O5S. The summed E-state index contributed by atoms with van der Waals surface area (Å²) in [5.74, 6) is -0.172. The Balaban J connectivity index is 1.13. The van der Waals surface area contributed by atoms with Crippen LogP contribution in [-0.4, -0.2) is 102 Å². The number of piperazine rings is 1. The fourth-order valence-electron chi connectivity index (χ4n) is 10.7. The maximum atomic E-state index is 14.8. The molecule has 12 nitrogen and oxygen atoms in total. The average molecular weight is 848 g/mol. The Morgan fingerprint density at radius 2 is 1.84 bits per heavy atom. The number of methoxy groups -OCH3 is 1. The molecule has 324 valence electrons. The Hall–Kier alpha value is -4.30. The normalized spacial score (nSPS) is 28.6. The molecule has 4 aromatic rings. The number of thiophene rings is 1. The number of esters is 1. The molecule has 7 aliphatic rings. The van der Waals surface area contributed by atoms with Gasteiger partial charge in [-0.1, -0.05) is 26.8 Å². The molecule has 2 amide bonds. The summed E-state index contributed by atoms with van der Waals surface area (Å²) in [6.07, 6.45) is 6.35. The number of carbonyl (C=O) groups excluding carboxylic acids is 3. The van der Waals surface area contributed by atoms with Crippen molar-refractivity contribution >= 4 is 45.7 Å². The highest BCUT2D eigenvalue weighted by Gasteiger charge is 2.60. The van der Waals surface area contributed by atoms with Crippen molar-refractivity contribution in [3.8, 4) is 22.4 Å². The van der Waals surface area contributed by atoms with Gasteiger partial charge in [0.05, 0.1) is 36.0 Å². The van der Waals surface area contributed by atoms with E-state index in [-0.39, 0.29) is 48.4 Å². The zero-order valence-corrected chi connectivity index (χ0v) is 37.6. The van der Waals surface area contributed by atoms with E-state index in [0.717, 1.165) is 114 Å². The lowest BCUT2D eigenvalue weighted by Gasteiger charge is -2.53. The quantitative estimate of drug-likeness (QED) is 0.196. The molecule has 3 aromatic heterocycles. The number of ether oxygens (including phenoxy) is 2. The number of carbonyl (C=O) groups is 3. The number of hydrazine groups is 1. The first-order valence-corrected chi connectivity index (χ1v) is 23.4. The number of pyridine rings is 1. The molecule has 3 saturated carbocycles. The Morgan fingerprint density at radius 3 is 2.52 bits per heavy atom. The average Bonchev–Trinajstić information content (AvgIpc) is 4.12. The zero-order chi connectivity index (χ0) is 42.5. The van der Waals surface area contributed by atoms with Gasteiger partial charge in [0, 0.05) is 84.0 Å². The highest BCUT2D eigenvalue weighted by Crippen LogP contribution is 2.55. The van der Waals surface area contributed by atoms with Crippen LogP contribution >= 0.6 is 11.3 Å². The third-order valence-electron chi connectivity index (χ3n) is 15.0. The summed E-state index contributed by atoms with van der Waals surface area (Å²) in [7, 11) is 3.92. The van der Waals surface area contributed by atoms with Crippen molar-refractivity contribution in [2.75, 3.05) is 51.8 Å². The number of benzene rings is 1. The molecule has 11 rings (SSSR count). The number of likely N-dealkylation sites (N-methyl/N-ethyl adjacent to an activating group) is 1. The molecule has 8 bridgehead atoms. The van der Waals surface area contributed by atoms with E-state index >= 15 is 0 Å². The van der Waals surface area contributed by atoms with Crippen LogP contribution in [-0.2, 0) is 42.2 Å². The van der Waals surface area contributed by atoms with Crippen LogP contribution in [0.2, 0.25) is 0 Å². The Morgan fingerprint density at radius 1 is 1.08 bits per heavy atom. The fraction of sp³-hybridized carbons (Fsp3) is 0.583. The van der Waals surface area contributed by atoms with Crippen molar-refractivity contribution in [3.05, 3.63) is 58.0 Å². The molecule has 13 heteroatoms. The summed E-state index contributed by atoms with van der Waals surface area (Å²) in [4.78, 5) is 53.8. The van der Waals surface area contributed by atoms with E-state index in [9.17, 15) is 14.4 Å². The van der Waals surface area contributed by atoms with Gasteiger partial charge in [-0.15, -0.1) is 11.3 Å². The molecule has 2 N–H and O–H groups in total. The summed E-state index contributed by atoms with van der Waals surface area (Å²) in [6.45, 7) is 15.5.